The first-order chi connectivity index (χ1) is 7.03. The van der Waals surface area contributed by atoms with Gasteiger partial charge in [0.05, 0.1) is 5.41 Å². The minimum absolute atomic E-state index is 0.198. The maximum Gasteiger partial charge on any atom is 0.311 e. The fourth-order valence-electron chi connectivity index (χ4n) is 2.27. The van der Waals surface area contributed by atoms with Crippen molar-refractivity contribution in [3.8, 4) is 0 Å². The van der Waals surface area contributed by atoms with Crippen molar-refractivity contribution in [1.29, 1.82) is 0 Å². The number of aliphatic carboxylic acids is 1. The fourth-order valence-corrected chi connectivity index (χ4v) is 2.27. The first-order valence-corrected chi connectivity index (χ1v) is 5.59. The average Bonchev–Trinajstić information content (AvgIpc) is 2.60. The highest BCUT2D eigenvalue weighted by atomic mass is 16.4. The lowest BCUT2D eigenvalue weighted by molar-refractivity contribution is -0.151. The van der Waals surface area contributed by atoms with Gasteiger partial charge >= 0.3 is 5.97 Å². The van der Waals surface area contributed by atoms with Gasteiger partial charge in [-0.3, -0.25) is 4.79 Å². The number of carboxylic acids is 1. The van der Waals surface area contributed by atoms with E-state index in [1.54, 1.807) is 0 Å². The molecule has 1 heterocycles. The highest BCUT2D eigenvalue weighted by Gasteiger charge is 2.46. The van der Waals surface area contributed by atoms with Gasteiger partial charge in [0.15, 0.2) is 0 Å². The number of rotatable bonds is 5. The van der Waals surface area contributed by atoms with Crippen LogP contribution in [-0.2, 0) is 4.79 Å². The van der Waals surface area contributed by atoms with Gasteiger partial charge in [0.25, 0.3) is 0 Å². The zero-order valence-corrected chi connectivity index (χ0v) is 9.70. The van der Waals surface area contributed by atoms with E-state index in [9.17, 15) is 9.90 Å². The zero-order chi connectivity index (χ0) is 11.5. The minimum Gasteiger partial charge on any atom is -0.481 e. The Balaban J connectivity index is 2.64. The molecular weight excluding hydrogens is 190 g/mol. The molecule has 1 unspecified atom stereocenters. The molecule has 0 aromatic rings. The van der Waals surface area contributed by atoms with E-state index < -0.39 is 11.4 Å². The van der Waals surface area contributed by atoms with Gasteiger partial charge in [-0.2, -0.15) is 0 Å². The van der Waals surface area contributed by atoms with Crippen molar-refractivity contribution >= 4 is 5.97 Å². The van der Waals surface area contributed by atoms with E-state index in [4.69, 9.17) is 0 Å². The van der Waals surface area contributed by atoms with E-state index >= 15 is 0 Å². The Labute approximate surface area is 91.8 Å². The van der Waals surface area contributed by atoms with Crippen LogP contribution in [0.4, 0.5) is 0 Å². The highest BCUT2D eigenvalue weighted by Crippen LogP contribution is 2.38. The van der Waals surface area contributed by atoms with Crippen molar-refractivity contribution in [2.45, 2.75) is 26.7 Å². The molecule has 1 N–H and O–H groups in total. The quantitative estimate of drug-likeness (QED) is 0.707. The van der Waals surface area contributed by atoms with Crippen molar-refractivity contribution in [2.75, 3.05) is 19.6 Å². The largest absolute Gasteiger partial charge is 0.481 e. The van der Waals surface area contributed by atoms with E-state index in [0.29, 0.717) is 6.54 Å². The molecule has 0 amide bonds. The molecule has 15 heavy (non-hydrogen) atoms. The second kappa shape index (κ2) is 4.79. The first-order valence-electron chi connectivity index (χ1n) is 5.59. The second-order valence-electron chi connectivity index (χ2n) is 4.72. The van der Waals surface area contributed by atoms with E-state index in [1.807, 2.05) is 19.9 Å². The number of carboxylic acid groups (broad SMARTS) is 1. The van der Waals surface area contributed by atoms with Crippen molar-refractivity contribution in [2.24, 2.45) is 11.3 Å². The van der Waals surface area contributed by atoms with Gasteiger partial charge in [-0.15, -0.1) is 6.58 Å². The van der Waals surface area contributed by atoms with Crippen LogP contribution in [0.15, 0.2) is 12.7 Å². The number of hydrogen-bond acceptors (Lipinski definition) is 2. The normalized spacial score (nSPS) is 27.1. The number of likely N-dealkylation sites (tertiary alicyclic amines) is 1. The summed E-state index contributed by atoms with van der Waals surface area (Å²) >= 11 is 0. The molecule has 0 aromatic carbocycles. The topological polar surface area (TPSA) is 40.5 Å². The van der Waals surface area contributed by atoms with Crippen molar-refractivity contribution in [3.63, 3.8) is 0 Å². The molecule has 0 saturated carbocycles. The van der Waals surface area contributed by atoms with Gasteiger partial charge in [0, 0.05) is 13.1 Å². The molecule has 0 radical (unpaired) electrons. The van der Waals surface area contributed by atoms with Crippen LogP contribution >= 0.6 is 0 Å². The summed E-state index contributed by atoms with van der Waals surface area (Å²) in [6.07, 6.45) is 3.60. The first kappa shape index (κ1) is 12.2. The van der Waals surface area contributed by atoms with Crippen LogP contribution in [0.2, 0.25) is 0 Å². The van der Waals surface area contributed by atoms with Crippen LogP contribution in [0, 0.1) is 11.3 Å². The monoisotopic (exact) mass is 211 g/mol. The summed E-state index contributed by atoms with van der Waals surface area (Å²) in [5.41, 5.74) is -0.527. The van der Waals surface area contributed by atoms with E-state index in [1.165, 1.54) is 0 Å². The van der Waals surface area contributed by atoms with Crippen molar-refractivity contribution < 1.29 is 9.90 Å². The lowest BCUT2D eigenvalue weighted by Gasteiger charge is -2.28. The van der Waals surface area contributed by atoms with E-state index in [0.717, 1.165) is 25.9 Å². The van der Waals surface area contributed by atoms with Crippen LogP contribution in [-0.4, -0.2) is 35.6 Å². The molecule has 1 saturated heterocycles. The van der Waals surface area contributed by atoms with Gasteiger partial charge in [-0.05, 0) is 25.3 Å². The Kier molecular flexibility index (Phi) is 3.91. The summed E-state index contributed by atoms with van der Waals surface area (Å²) in [7, 11) is 0. The molecule has 1 fully saturated rings. The Morgan fingerprint density at radius 2 is 2.33 bits per heavy atom. The summed E-state index contributed by atoms with van der Waals surface area (Å²) in [5, 5.41) is 9.33. The third-order valence-corrected chi connectivity index (χ3v) is 3.56. The van der Waals surface area contributed by atoms with E-state index in [-0.39, 0.29) is 5.92 Å². The van der Waals surface area contributed by atoms with Gasteiger partial charge in [0.2, 0.25) is 0 Å². The molecule has 3 nitrogen and oxygen atoms in total. The molecule has 0 spiro atoms. The lowest BCUT2D eigenvalue weighted by Crippen LogP contribution is -2.39. The third-order valence-electron chi connectivity index (χ3n) is 3.56. The maximum absolute atomic E-state index is 11.3. The highest BCUT2D eigenvalue weighted by molar-refractivity contribution is 5.75. The molecule has 1 rings (SSSR count). The van der Waals surface area contributed by atoms with Crippen LogP contribution < -0.4 is 0 Å². The summed E-state index contributed by atoms with van der Waals surface area (Å²) in [5.74, 6) is -0.442. The zero-order valence-electron chi connectivity index (χ0n) is 9.70. The molecule has 1 aliphatic heterocycles. The predicted molar refractivity (Wildman–Crippen MR) is 60.8 cm³/mol. The maximum atomic E-state index is 11.3. The molecular formula is C12H21NO2. The van der Waals surface area contributed by atoms with Gasteiger partial charge in [-0.1, -0.05) is 19.9 Å². The Bertz CT molecular complexity index is 250. The van der Waals surface area contributed by atoms with Gasteiger partial charge < -0.3 is 10.0 Å². The number of nitrogens with zero attached hydrogens (tertiary/aromatic N) is 1. The molecule has 0 bridgehead atoms. The smallest absolute Gasteiger partial charge is 0.311 e. The summed E-state index contributed by atoms with van der Waals surface area (Å²) in [6, 6.07) is 0. The Hall–Kier alpha value is -0.830. The van der Waals surface area contributed by atoms with Crippen LogP contribution in [0.3, 0.4) is 0 Å². The average molecular weight is 211 g/mol. The summed E-state index contributed by atoms with van der Waals surface area (Å²) in [4.78, 5) is 13.6. The molecule has 0 aromatic heterocycles. The van der Waals surface area contributed by atoms with Gasteiger partial charge in [0.1, 0.15) is 0 Å². The fraction of sp³-hybridized carbons (Fsp3) is 0.750. The van der Waals surface area contributed by atoms with Crippen LogP contribution in [0.1, 0.15) is 26.7 Å². The molecule has 1 atom stereocenters. The molecule has 86 valence electrons. The number of hydrogen-bond donors (Lipinski definition) is 1. The standard InChI is InChI=1S/C12H21NO2/c1-4-5-7-13-8-6-12(9-13,10(2)3)11(14)15/h4,10H,1,5-9H2,2-3H3,(H,14,15). The Morgan fingerprint density at radius 3 is 2.73 bits per heavy atom. The molecule has 0 aliphatic carbocycles. The van der Waals surface area contributed by atoms with Crippen LogP contribution in [0.5, 0.6) is 0 Å². The summed E-state index contributed by atoms with van der Waals surface area (Å²) in [6.45, 7) is 10.2. The molecule has 1 aliphatic rings. The number of carbonyl (C=O) groups is 1. The SMILES string of the molecule is C=CCCN1CCC(C(=O)O)(C(C)C)C1. The third kappa shape index (κ3) is 2.40. The predicted octanol–water partition coefficient (Wildman–Crippen LogP) is 2.00. The van der Waals surface area contributed by atoms with Crippen molar-refractivity contribution in [1.82, 2.24) is 4.90 Å². The lowest BCUT2D eigenvalue weighted by atomic mass is 9.76. The minimum atomic E-state index is -0.640. The van der Waals surface area contributed by atoms with Gasteiger partial charge in [-0.25, -0.2) is 0 Å². The Morgan fingerprint density at radius 1 is 1.67 bits per heavy atom. The van der Waals surface area contributed by atoms with Crippen molar-refractivity contribution in [3.05, 3.63) is 12.7 Å². The molecule has 3 heteroatoms. The van der Waals surface area contributed by atoms with Crippen LogP contribution in [0.25, 0.3) is 0 Å². The van der Waals surface area contributed by atoms with E-state index in [2.05, 4.69) is 11.5 Å². The second-order valence-corrected chi connectivity index (χ2v) is 4.72. The summed E-state index contributed by atoms with van der Waals surface area (Å²) < 4.78 is 0.